The summed E-state index contributed by atoms with van der Waals surface area (Å²) >= 11 is 0. The number of carboxylic acids is 1. The van der Waals surface area contributed by atoms with Crippen LogP contribution >= 0.6 is 0 Å². The molecule has 2 aromatic carbocycles. The summed E-state index contributed by atoms with van der Waals surface area (Å²) in [6.45, 7) is 6.03. The number of aromatic carboxylic acids is 1. The minimum atomic E-state index is -0.990. The smallest absolute Gasteiger partial charge is 0.354 e. The largest absolute Gasteiger partial charge is 0.477 e. The van der Waals surface area contributed by atoms with Crippen LogP contribution in [0.25, 0.3) is 16.9 Å². The molecule has 0 fully saturated rings. The highest BCUT2D eigenvalue weighted by atomic mass is 16.4. The van der Waals surface area contributed by atoms with E-state index in [1.807, 2.05) is 63.2 Å². The Kier molecular flexibility index (Phi) is 3.74. The quantitative estimate of drug-likeness (QED) is 0.790. The number of carbonyl (C=O) groups is 1. The Bertz CT molecular complexity index is 894. The lowest BCUT2D eigenvalue weighted by molar-refractivity contribution is 0.0687. The van der Waals surface area contributed by atoms with Crippen molar-refractivity contribution in [2.45, 2.75) is 20.8 Å². The van der Waals surface area contributed by atoms with Crippen molar-refractivity contribution < 1.29 is 9.90 Å². The summed E-state index contributed by atoms with van der Waals surface area (Å²) in [5, 5.41) is 14.1. The standard InChI is InChI=1S/C19H18N2O2/c1-12-8-9-15(10-14(12)3)16-11-18(19(22)23)21(20-16)17-7-5-4-6-13(17)2/h4-11H,1-3H3,(H,22,23). The summed E-state index contributed by atoms with van der Waals surface area (Å²) in [5.74, 6) is -0.990. The predicted octanol–water partition coefficient (Wildman–Crippen LogP) is 4.16. The Hall–Kier alpha value is -2.88. The van der Waals surface area contributed by atoms with Crippen LogP contribution < -0.4 is 0 Å². The molecule has 0 bridgehead atoms. The fourth-order valence-electron chi connectivity index (χ4n) is 2.56. The van der Waals surface area contributed by atoms with E-state index in [-0.39, 0.29) is 5.69 Å². The van der Waals surface area contributed by atoms with Gasteiger partial charge in [0.15, 0.2) is 5.69 Å². The molecule has 4 heteroatoms. The number of hydrogen-bond acceptors (Lipinski definition) is 2. The van der Waals surface area contributed by atoms with Crippen molar-refractivity contribution >= 4 is 5.97 Å². The van der Waals surface area contributed by atoms with Crippen LogP contribution in [0, 0.1) is 20.8 Å². The average Bonchev–Trinajstić information content (AvgIpc) is 2.96. The lowest BCUT2D eigenvalue weighted by Gasteiger charge is -2.07. The molecule has 23 heavy (non-hydrogen) atoms. The van der Waals surface area contributed by atoms with E-state index in [1.54, 1.807) is 6.07 Å². The zero-order valence-corrected chi connectivity index (χ0v) is 13.4. The number of carboxylic acid groups (broad SMARTS) is 1. The van der Waals surface area contributed by atoms with Gasteiger partial charge in [0.05, 0.1) is 11.4 Å². The Balaban J connectivity index is 2.18. The molecule has 1 N–H and O–H groups in total. The molecule has 3 rings (SSSR count). The van der Waals surface area contributed by atoms with Crippen LogP contribution in [-0.2, 0) is 0 Å². The van der Waals surface area contributed by atoms with E-state index in [1.165, 1.54) is 10.2 Å². The monoisotopic (exact) mass is 306 g/mol. The maximum Gasteiger partial charge on any atom is 0.354 e. The Labute approximate surface area is 135 Å². The molecule has 0 aliphatic carbocycles. The molecule has 4 nitrogen and oxygen atoms in total. The highest BCUT2D eigenvalue weighted by molar-refractivity contribution is 5.88. The molecule has 3 aromatic rings. The third kappa shape index (κ3) is 2.75. The maximum absolute atomic E-state index is 11.6. The first-order chi connectivity index (χ1) is 11.0. The van der Waals surface area contributed by atoms with Crippen molar-refractivity contribution in [2.24, 2.45) is 0 Å². The molecule has 0 saturated carbocycles. The van der Waals surface area contributed by atoms with Crippen LogP contribution in [0.5, 0.6) is 0 Å². The second-order valence-corrected chi connectivity index (χ2v) is 5.72. The van der Waals surface area contributed by atoms with E-state index in [2.05, 4.69) is 5.10 Å². The number of benzene rings is 2. The third-order valence-corrected chi connectivity index (χ3v) is 4.07. The first kappa shape index (κ1) is 15.0. The lowest BCUT2D eigenvalue weighted by atomic mass is 10.0. The molecule has 0 atom stereocenters. The van der Waals surface area contributed by atoms with Crippen molar-refractivity contribution in [3.8, 4) is 16.9 Å². The number of aryl methyl sites for hydroxylation is 3. The van der Waals surface area contributed by atoms with Crippen LogP contribution in [0.15, 0.2) is 48.5 Å². The predicted molar refractivity (Wildman–Crippen MR) is 90.2 cm³/mol. The van der Waals surface area contributed by atoms with Crippen LogP contribution in [0.1, 0.15) is 27.2 Å². The fraction of sp³-hybridized carbons (Fsp3) is 0.158. The van der Waals surface area contributed by atoms with Gasteiger partial charge in [-0.3, -0.25) is 0 Å². The highest BCUT2D eigenvalue weighted by Gasteiger charge is 2.17. The zero-order chi connectivity index (χ0) is 16.6. The molecule has 0 aliphatic rings. The van der Waals surface area contributed by atoms with Crippen molar-refractivity contribution in [3.63, 3.8) is 0 Å². The normalized spacial score (nSPS) is 10.7. The zero-order valence-electron chi connectivity index (χ0n) is 13.4. The Morgan fingerprint density at radius 2 is 1.70 bits per heavy atom. The van der Waals surface area contributed by atoms with E-state index in [4.69, 9.17) is 0 Å². The fourth-order valence-corrected chi connectivity index (χ4v) is 2.56. The van der Waals surface area contributed by atoms with Crippen LogP contribution in [-0.4, -0.2) is 20.9 Å². The van der Waals surface area contributed by atoms with Gasteiger partial charge in [-0.05, 0) is 55.7 Å². The van der Waals surface area contributed by atoms with Crippen LogP contribution in [0.2, 0.25) is 0 Å². The van der Waals surface area contributed by atoms with Gasteiger partial charge in [-0.1, -0.05) is 30.3 Å². The molecule has 116 valence electrons. The molecule has 0 aliphatic heterocycles. The molecule has 1 aromatic heterocycles. The molecular weight excluding hydrogens is 288 g/mol. The summed E-state index contributed by atoms with van der Waals surface area (Å²) in [6, 6.07) is 15.3. The van der Waals surface area contributed by atoms with E-state index < -0.39 is 5.97 Å². The van der Waals surface area contributed by atoms with Crippen molar-refractivity contribution in [1.29, 1.82) is 0 Å². The van der Waals surface area contributed by atoms with Gasteiger partial charge in [-0.2, -0.15) is 5.10 Å². The second-order valence-electron chi connectivity index (χ2n) is 5.72. The van der Waals surface area contributed by atoms with E-state index in [0.29, 0.717) is 5.69 Å². The molecule has 0 unspecified atom stereocenters. The van der Waals surface area contributed by atoms with E-state index in [9.17, 15) is 9.90 Å². The van der Waals surface area contributed by atoms with Crippen molar-refractivity contribution in [3.05, 3.63) is 70.9 Å². The van der Waals surface area contributed by atoms with Crippen LogP contribution in [0.4, 0.5) is 0 Å². The molecule has 0 saturated heterocycles. The van der Waals surface area contributed by atoms with Gasteiger partial charge < -0.3 is 5.11 Å². The summed E-state index contributed by atoms with van der Waals surface area (Å²) in [6.07, 6.45) is 0. The molecular formula is C19H18N2O2. The van der Waals surface area contributed by atoms with Gasteiger partial charge in [0, 0.05) is 5.56 Å². The highest BCUT2D eigenvalue weighted by Crippen LogP contribution is 2.25. The van der Waals surface area contributed by atoms with Crippen LogP contribution in [0.3, 0.4) is 0 Å². The number of aromatic nitrogens is 2. The van der Waals surface area contributed by atoms with Gasteiger partial charge in [-0.15, -0.1) is 0 Å². The number of nitrogens with zero attached hydrogens (tertiary/aromatic N) is 2. The third-order valence-electron chi connectivity index (χ3n) is 4.07. The van der Waals surface area contributed by atoms with E-state index in [0.717, 1.165) is 22.4 Å². The van der Waals surface area contributed by atoms with Gasteiger partial charge in [0.1, 0.15) is 0 Å². The summed E-state index contributed by atoms with van der Waals surface area (Å²) in [7, 11) is 0. The van der Waals surface area contributed by atoms with Crippen molar-refractivity contribution in [1.82, 2.24) is 9.78 Å². The molecule has 1 heterocycles. The Morgan fingerprint density at radius 3 is 2.35 bits per heavy atom. The van der Waals surface area contributed by atoms with E-state index >= 15 is 0 Å². The number of hydrogen-bond donors (Lipinski definition) is 1. The number of para-hydroxylation sites is 1. The van der Waals surface area contributed by atoms with Gasteiger partial charge >= 0.3 is 5.97 Å². The SMILES string of the molecule is Cc1ccc(-c2cc(C(=O)O)n(-c3ccccc3C)n2)cc1C. The average molecular weight is 306 g/mol. The second kappa shape index (κ2) is 5.72. The molecule has 0 amide bonds. The minimum Gasteiger partial charge on any atom is -0.477 e. The molecule has 0 radical (unpaired) electrons. The summed E-state index contributed by atoms with van der Waals surface area (Å²) in [4.78, 5) is 11.6. The molecule has 0 spiro atoms. The summed E-state index contributed by atoms with van der Waals surface area (Å²) < 4.78 is 1.50. The topological polar surface area (TPSA) is 55.1 Å². The van der Waals surface area contributed by atoms with Gasteiger partial charge in [0.25, 0.3) is 0 Å². The Morgan fingerprint density at radius 1 is 0.957 bits per heavy atom. The summed E-state index contributed by atoms with van der Waals surface area (Å²) in [5.41, 5.74) is 5.85. The first-order valence-electron chi connectivity index (χ1n) is 7.44. The van der Waals surface area contributed by atoms with Gasteiger partial charge in [0.2, 0.25) is 0 Å². The first-order valence-corrected chi connectivity index (χ1v) is 7.44. The lowest BCUT2D eigenvalue weighted by Crippen LogP contribution is -2.08. The van der Waals surface area contributed by atoms with Crippen molar-refractivity contribution in [2.75, 3.05) is 0 Å². The number of rotatable bonds is 3. The minimum absolute atomic E-state index is 0.160. The maximum atomic E-state index is 11.6. The van der Waals surface area contributed by atoms with Gasteiger partial charge in [-0.25, -0.2) is 9.48 Å².